The van der Waals surface area contributed by atoms with Gasteiger partial charge in [-0.3, -0.25) is 0 Å². The van der Waals surface area contributed by atoms with Crippen LogP contribution in [0.4, 0.5) is 0 Å². The van der Waals surface area contributed by atoms with Gasteiger partial charge in [0.25, 0.3) is 0 Å². The summed E-state index contributed by atoms with van der Waals surface area (Å²) in [6.07, 6.45) is 0. The Morgan fingerprint density at radius 2 is 0.462 bits per heavy atom. The van der Waals surface area contributed by atoms with E-state index in [2.05, 4.69) is 0 Å². The normalized spacial score (nSPS) is 53.5. The zero-order chi connectivity index (χ0) is 21.0. The first kappa shape index (κ1) is 24.9. The number of hydrogen-bond acceptors (Lipinski definition) is 1. The second kappa shape index (κ2) is 5.68. The molecule has 0 saturated heterocycles. The Morgan fingerprint density at radius 1 is 0.308 bits per heavy atom. The lowest BCUT2D eigenvalue weighted by atomic mass is 9.49. The summed E-state index contributed by atoms with van der Waals surface area (Å²) in [5.41, 5.74) is -3.07. The molecule has 0 aromatic heterocycles. The average molecular weight is 669 g/mol. The number of aliphatic hydroxyl groups is 1. The molecule has 16 heteroatoms. The summed E-state index contributed by atoms with van der Waals surface area (Å²) >= 11 is 96.6. The topological polar surface area (TPSA) is 20.2 Å². The standard InChI is InChI=1S/C10HCl15O/c11-1-5(14,15)2(12)7(18,19)3(13,6(1,16)17)10(24,25)4(26,8(1,20)21)9(2,22)23/h26H. The Balaban J connectivity index is 2.71. The summed E-state index contributed by atoms with van der Waals surface area (Å²) in [6.45, 7) is 0. The summed E-state index contributed by atoms with van der Waals surface area (Å²) in [5, 5.41) is 11.5. The van der Waals surface area contributed by atoms with E-state index in [1.165, 1.54) is 0 Å². The molecule has 0 atom stereocenters. The Labute approximate surface area is 222 Å². The third kappa shape index (κ3) is 1.67. The SMILES string of the molecule is OC12C(Cl)(Cl)C3(Cl)C(Cl)(Cl)C(Cl)(C1(Cl)Cl)C(Cl)(Cl)C(Cl)(C2(Cl)Cl)C3(Cl)Cl. The van der Waals surface area contributed by atoms with Gasteiger partial charge in [-0.25, -0.2) is 0 Å². The molecule has 0 amide bonds. The van der Waals surface area contributed by atoms with Crippen molar-refractivity contribution in [3.63, 3.8) is 0 Å². The molecule has 0 spiro atoms. The highest BCUT2D eigenvalue weighted by Gasteiger charge is 3.10. The summed E-state index contributed by atoms with van der Waals surface area (Å²) in [5.74, 6) is 0. The van der Waals surface area contributed by atoms with E-state index in [1.807, 2.05) is 0 Å². The lowest BCUT2D eigenvalue weighted by molar-refractivity contribution is -0.135. The minimum absolute atomic E-state index is 2.71. The van der Waals surface area contributed by atoms with Crippen LogP contribution in [-0.2, 0) is 0 Å². The predicted molar refractivity (Wildman–Crippen MR) is 117 cm³/mol. The van der Waals surface area contributed by atoms with Crippen molar-refractivity contribution in [3.8, 4) is 0 Å². The van der Waals surface area contributed by atoms with Crippen LogP contribution >= 0.6 is 174 Å². The lowest BCUT2D eigenvalue weighted by Gasteiger charge is -2.84. The van der Waals surface area contributed by atoms with E-state index in [1.54, 1.807) is 0 Å². The molecule has 4 bridgehead atoms. The molecule has 4 aliphatic rings. The third-order valence-electron chi connectivity index (χ3n) is 5.26. The molecular formula is C10HCl15O. The van der Waals surface area contributed by atoms with E-state index >= 15 is 0 Å². The van der Waals surface area contributed by atoms with Gasteiger partial charge >= 0.3 is 0 Å². The molecule has 0 heterocycles. The van der Waals surface area contributed by atoms with Gasteiger partial charge in [0.15, 0.2) is 46.2 Å². The number of hydrogen-bond donors (Lipinski definition) is 1. The monoisotopic (exact) mass is 662 g/mol. The average Bonchev–Trinajstić information content (AvgIpc) is 2.46. The van der Waals surface area contributed by atoms with Crippen LogP contribution in [0.2, 0.25) is 0 Å². The fourth-order valence-electron chi connectivity index (χ4n) is 3.83. The highest BCUT2D eigenvalue weighted by Crippen LogP contribution is 2.93. The van der Waals surface area contributed by atoms with E-state index in [0.717, 1.165) is 0 Å². The molecule has 0 radical (unpaired) electrons. The van der Waals surface area contributed by atoms with Gasteiger partial charge in [-0.1, -0.05) is 139 Å². The Kier molecular flexibility index (Phi) is 5.45. The molecule has 4 saturated carbocycles. The van der Waals surface area contributed by atoms with E-state index in [9.17, 15) is 5.11 Å². The van der Waals surface area contributed by atoms with Crippen molar-refractivity contribution < 1.29 is 5.11 Å². The van der Waals surface area contributed by atoms with Crippen molar-refractivity contribution in [2.45, 2.75) is 46.2 Å². The first-order valence-corrected chi connectivity index (χ1v) is 11.7. The van der Waals surface area contributed by atoms with Crippen LogP contribution in [-0.4, -0.2) is 51.3 Å². The molecule has 4 fully saturated rings. The zero-order valence-electron chi connectivity index (χ0n) is 11.1. The van der Waals surface area contributed by atoms with E-state index in [0.29, 0.717) is 0 Å². The smallest absolute Gasteiger partial charge is 0.177 e. The Morgan fingerprint density at radius 3 is 0.615 bits per heavy atom. The minimum Gasteiger partial charge on any atom is -0.380 e. The summed E-state index contributed by atoms with van der Waals surface area (Å²) < 4.78 is -16.7. The van der Waals surface area contributed by atoms with Gasteiger partial charge < -0.3 is 5.11 Å². The van der Waals surface area contributed by atoms with Gasteiger partial charge in [-0.15, -0.1) is 34.8 Å². The summed E-state index contributed by atoms with van der Waals surface area (Å²) in [7, 11) is 0. The van der Waals surface area contributed by atoms with E-state index in [4.69, 9.17) is 174 Å². The van der Waals surface area contributed by atoms with Crippen molar-refractivity contribution in [2.24, 2.45) is 0 Å². The zero-order valence-corrected chi connectivity index (χ0v) is 22.5. The van der Waals surface area contributed by atoms with Crippen molar-refractivity contribution in [1.29, 1.82) is 0 Å². The minimum atomic E-state index is -3.07. The Bertz CT molecular complexity index is 512. The molecule has 152 valence electrons. The summed E-state index contributed by atoms with van der Waals surface area (Å²) in [6, 6.07) is 0. The molecule has 4 aliphatic carbocycles. The molecule has 0 aliphatic heterocycles. The van der Waals surface area contributed by atoms with Crippen LogP contribution in [0.15, 0.2) is 0 Å². The predicted octanol–water partition coefficient (Wildman–Crippen LogP) is 7.73. The maximum absolute atomic E-state index is 11.5. The second-order valence-corrected chi connectivity index (χ2v) is 15.8. The van der Waals surface area contributed by atoms with Crippen molar-refractivity contribution in [2.75, 3.05) is 0 Å². The highest BCUT2D eigenvalue weighted by atomic mass is 35.6. The lowest BCUT2D eigenvalue weighted by Crippen LogP contribution is -3.07. The molecular weight excluding hydrogens is 668 g/mol. The fourth-order valence-corrected chi connectivity index (χ4v) is 14.4. The van der Waals surface area contributed by atoms with Crippen molar-refractivity contribution >= 4 is 174 Å². The maximum Gasteiger partial charge on any atom is 0.177 e. The Hall–Kier alpha value is 4.31. The van der Waals surface area contributed by atoms with Crippen molar-refractivity contribution in [1.82, 2.24) is 0 Å². The van der Waals surface area contributed by atoms with Gasteiger partial charge in [0.05, 0.1) is 0 Å². The first-order chi connectivity index (χ1) is 11.0. The number of rotatable bonds is 0. The van der Waals surface area contributed by atoms with Crippen molar-refractivity contribution in [3.05, 3.63) is 0 Å². The second-order valence-electron chi connectivity index (χ2n) is 6.13. The van der Waals surface area contributed by atoms with Crippen LogP contribution in [0.25, 0.3) is 0 Å². The molecule has 0 aromatic carbocycles. The van der Waals surface area contributed by atoms with Gasteiger partial charge in [-0.05, 0) is 0 Å². The molecule has 4 rings (SSSR count). The van der Waals surface area contributed by atoms with Gasteiger partial charge in [0, 0.05) is 0 Å². The summed E-state index contributed by atoms with van der Waals surface area (Å²) in [4.78, 5) is -8.14. The molecule has 1 nitrogen and oxygen atoms in total. The van der Waals surface area contributed by atoms with Crippen LogP contribution < -0.4 is 0 Å². The largest absolute Gasteiger partial charge is 0.380 e. The quantitative estimate of drug-likeness (QED) is 0.262. The van der Waals surface area contributed by atoms with Crippen LogP contribution in [0.3, 0.4) is 0 Å². The molecule has 0 unspecified atom stereocenters. The molecule has 26 heavy (non-hydrogen) atoms. The maximum atomic E-state index is 11.5. The first-order valence-electron chi connectivity index (χ1n) is 6.06. The van der Waals surface area contributed by atoms with Crippen LogP contribution in [0.5, 0.6) is 0 Å². The third-order valence-corrected chi connectivity index (χ3v) is 16.3. The number of halogens is 15. The van der Waals surface area contributed by atoms with Gasteiger partial charge in [0.1, 0.15) is 0 Å². The van der Waals surface area contributed by atoms with Crippen LogP contribution in [0.1, 0.15) is 0 Å². The molecule has 1 N–H and O–H groups in total. The van der Waals surface area contributed by atoms with E-state index < -0.39 is 46.2 Å². The number of alkyl halides is 15. The van der Waals surface area contributed by atoms with E-state index in [-0.39, 0.29) is 0 Å². The molecule has 0 aromatic rings. The highest BCUT2D eigenvalue weighted by molar-refractivity contribution is 6.81. The van der Waals surface area contributed by atoms with Gasteiger partial charge in [-0.2, -0.15) is 0 Å². The van der Waals surface area contributed by atoms with Gasteiger partial charge in [0.2, 0.25) is 0 Å². The van der Waals surface area contributed by atoms with Crippen LogP contribution in [0, 0.1) is 0 Å². The fraction of sp³-hybridized carbons (Fsp3) is 1.00.